The van der Waals surface area contributed by atoms with Gasteiger partial charge in [-0.3, -0.25) is 9.59 Å². The molecule has 136 valence electrons. The van der Waals surface area contributed by atoms with Crippen molar-refractivity contribution in [2.45, 2.75) is 51.0 Å². The standard InChI is InChI=1S/C19H25FN2O3/c20-16-9-8-14(22-10-4-7-18(22)24)11-15(16)19(25)21-17-6-3-1-2-5-13(17)12-23/h8-9,11,13,17,23H,1-7,10,12H2,(H,21,25). The Bertz CT molecular complexity index is 650. The molecule has 2 unspecified atom stereocenters. The molecular weight excluding hydrogens is 323 g/mol. The summed E-state index contributed by atoms with van der Waals surface area (Å²) in [5, 5.41) is 12.5. The van der Waals surface area contributed by atoms with Gasteiger partial charge in [-0.1, -0.05) is 19.3 Å². The Kier molecular flexibility index (Phi) is 5.68. The van der Waals surface area contributed by atoms with Gasteiger partial charge in [-0.25, -0.2) is 4.39 Å². The zero-order valence-corrected chi connectivity index (χ0v) is 14.3. The lowest BCUT2D eigenvalue weighted by molar-refractivity contribution is -0.117. The van der Waals surface area contributed by atoms with E-state index in [4.69, 9.17) is 0 Å². The van der Waals surface area contributed by atoms with Gasteiger partial charge < -0.3 is 15.3 Å². The SMILES string of the molecule is O=C(NC1CCCCCC1CO)c1cc(N2CCCC2=O)ccc1F. The van der Waals surface area contributed by atoms with Crippen molar-refractivity contribution < 1.29 is 19.1 Å². The Morgan fingerprint density at radius 1 is 1.24 bits per heavy atom. The number of anilines is 1. The Hall–Kier alpha value is -1.95. The molecule has 6 heteroatoms. The summed E-state index contributed by atoms with van der Waals surface area (Å²) in [4.78, 5) is 26.1. The molecule has 0 spiro atoms. The first kappa shape index (κ1) is 17.9. The fourth-order valence-corrected chi connectivity index (χ4v) is 3.82. The maximum atomic E-state index is 14.2. The van der Waals surface area contributed by atoms with Crippen molar-refractivity contribution in [3.8, 4) is 0 Å². The number of nitrogens with one attached hydrogen (secondary N) is 1. The van der Waals surface area contributed by atoms with Crippen LogP contribution in [0.1, 0.15) is 55.3 Å². The van der Waals surface area contributed by atoms with Gasteiger partial charge in [0.1, 0.15) is 5.82 Å². The first-order valence-electron chi connectivity index (χ1n) is 9.12. The minimum atomic E-state index is -0.595. The molecule has 2 amide bonds. The van der Waals surface area contributed by atoms with E-state index < -0.39 is 11.7 Å². The Labute approximate surface area is 147 Å². The monoisotopic (exact) mass is 348 g/mol. The lowest BCUT2D eigenvalue weighted by Gasteiger charge is -2.25. The first-order valence-corrected chi connectivity index (χ1v) is 9.12. The number of carbonyl (C=O) groups is 2. The van der Waals surface area contributed by atoms with Crippen LogP contribution in [0.5, 0.6) is 0 Å². The van der Waals surface area contributed by atoms with Crippen molar-refractivity contribution in [1.82, 2.24) is 5.32 Å². The molecule has 5 nitrogen and oxygen atoms in total. The molecule has 2 atom stereocenters. The van der Waals surface area contributed by atoms with E-state index in [-0.39, 0.29) is 30.0 Å². The second-order valence-electron chi connectivity index (χ2n) is 6.97. The average Bonchev–Trinajstić information content (AvgIpc) is 2.90. The predicted octanol–water partition coefficient (Wildman–Crippen LogP) is 2.62. The third-order valence-corrected chi connectivity index (χ3v) is 5.29. The minimum Gasteiger partial charge on any atom is -0.396 e. The number of halogens is 1. The van der Waals surface area contributed by atoms with E-state index in [0.717, 1.165) is 38.5 Å². The Balaban J connectivity index is 1.77. The van der Waals surface area contributed by atoms with Gasteiger partial charge in [0, 0.05) is 37.2 Å². The molecule has 2 N–H and O–H groups in total. The van der Waals surface area contributed by atoms with Gasteiger partial charge in [-0.2, -0.15) is 0 Å². The topological polar surface area (TPSA) is 69.6 Å². The molecule has 1 heterocycles. The van der Waals surface area contributed by atoms with Gasteiger partial charge in [0.05, 0.1) is 5.56 Å². The maximum absolute atomic E-state index is 14.2. The van der Waals surface area contributed by atoms with Crippen molar-refractivity contribution in [2.24, 2.45) is 5.92 Å². The summed E-state index contributed by atoms with van der Waals surface area (Å²) in [5.41, 5.74) is 0.520. The van der Waals surface area contributed by atoms with Gasteiger partial charge >= 0.3 is 0 Å². The average molecular weight is 348 g/mol. The van der Waals surface area contributed by atoms with Crippen molar-refractivity contribution in [3.05, 3.63) is 29.6 Å². The van der Waals surface area contributed by atoms with Crippen molar-refractivity contribution >= 4 is 17.5 Å². The summed E-state index contributed by atoms with van der Waals surface area (Å²) >= 11 is 0. The molecule has 25 heavy (non-hydrogen) atoms. The van der Waals surface area contributed by atoms with Crippen LogP contribution in [-0.4, -0.2) is 36.1 Å². The molecule has 0 aromatic heterocycles. The van der Waals surface area contributed by atoms with Gasteiger partial charge in [-0.15, -0.1) is 0 Å². The fraction of sp³-hybridized carbons (Fsp3) is 0.579. The highest BCUT2D eigenvalue weighted by atomic mass is 19.1. The molecule has 1 aliphatic carbocycles. The van der Waals surface area contributed by atoms with Crippen LogP contribution in [0.25, 0.3) is 0 Å². The van der Waals surface area contributed by atoms with Crippen molar-refractivity contribution in [3.63, 3.8) is 0 Å². The van der Waals surface area contributed by atoms with Crippen LogP contribution in [0, 0.1) is 11.7 Å². The number of rotatable bonds is 4. The van der Waals surface area contributed by atoms with E-state index in [1.54, 1.807) is 4.90 Å². The van der Waals surface area contributed by atoms with E-state index in [0.29, 0.717) is 18.7 Å². The second-order valence-corrected chi connectivity index (χ2v) is 6.97. The number of carbonyl (C=O) groups excluding carboxylic acids is 2. The van der Waals surface area contributed by atoms with Gasteiger partial charge in [-0.05, 0) is 37.5 Å². The summed E-state index contributed by atoms with van der Waals surface area (Å²) in [6.07, 6.45) is 6.04. The third-order valence-electron chi connectivity index (χ3n) is 5.29. The second kappa shape index (κ2) is 7.95. The Morgan fingerprint density at radius 3 is 2.76 bits per heavy atom. The van der Waals surface area contributed by atoms with Crippen LogP contribution in [0.15, 0.2) is 18.2 Å². The van der Waals surface area contributed by atoms with E-state index in [1.165, 1.54) is 18.2 Å². The lowest BCUT2D eigenvalue weighted by atomic mass is 9.95. The van der Waals surface area contributed by atoms with Crippen LogP contribution in [0.4, 0.5) is 10.1 Å². The van der Waals surface area contributed by atoms with Gasteiger partial charge in [0.2, 0.25) is 5.91 Å². The minimum absolute atomic E-state index is 0.00192. The molecule has 3 rings (SSSR count). The quantitative estimate of drug-likeness (QED) is 0.822. The summed E-state index contributed by atoms with van der Waals surface area (Å²) in [7, 11) is 0. The fourth-order valence-electron chi connectivity index (χ4n) is 3.82. The largest absolute Gasteiger partial charge is 0.396 e. The molecule has 1 aromatic carbocycles. The van der Waals surface area contributed by atoms with E-state index in [1.807, 2.05) is 0 Å². The van der Waals surface area contributed by atoms with E-state index in [2.05, 4.69) is 5.32 Å². The van der Waals surface area contributed by atoms with Crippen molar-refractivity contribution in [2.75, 3.05) is 18.1 Å². The summed E-state index contributed by atoms with van der Waals surface area (Å²) < 4.78 is 14.2. The van der Waals surface area contributed by atoms with Crippen molar-refractivity contribution in [1.29, 1.82) is 0 Å². The lowest BCUT2D eigenvalue weighted by Crippen LogP contribution is -2.41. The van der Waals surface area contributed by atoms with Crippen LogP contribution >= 0.6 is 0 Å². The molecule has 0 bridgehead atoms. The van der Waals surface area contributed by atoms with Gasteiger partial charge in [0.25, 0.3) is 5.91 Å². The predicted molar refractivity (Wildman–Crippen MR) is 92.9 cm³/mol. The molecule has 1 aromatic rings. The number of aliphatic hydroxyl groups is 1. The molecule has 2 aliphatic rings. The number of aliphatic hydroxyl groups excluding tert-OH is 1. The molecule has 0 radical (unpaired) electrons. The smallest absolute Gasteiger partial charge is 0.254 e. The molecule has 1 saturated heterocycles. The van der Waals surface area contributed by atoms with E-state index in [9.17, 15) is 19.1 Å². The third kappa shape index (κ3) is 4.00. The number of hydrogen-bond acceptors (Lipinski definition) is 3. The number of amides is 2. The Morgan fingerprint density at radius 2 is 2.04 bits per heavy atom. The highest BCUT2D eigenvalue weighted by Crippen LogP contribution is 2.26. The summed E-state index contributed by atoms with van der Waals surface area (Å²) in [6.45, 7) is 0.622. The normalized spacial score (nSPS) is 24.2. The van der Waals surface area contributed by atoms with Crippen LogP contribution < -0.4 is 10.2 Å². The zero-order chi connectivity index (χ0) is 17.8. The van der Waals surface area contributed by atoms with E-state index >= 15 is 0 Å². The summed E-state index contributed by atoms with van der Waals surface area (Å²) in [5.74, 6) is -1.06. The number of nitrogens with zero attached hydrogens (tertiary/aromatic N) is 1. The molecule has 2 fully saturated rings. The highest BCUT2D eigenvalue weighted by molar-refractivity contribution is 5.99. The van der Waals surface area contributed by atoms with Crippen LogP contribution in [0.2, 0.25) is 0 Å². The molecule has 1 aliphatic heterocycles. The van der Waals surface area contributed by atoms with Gasteiger partial charge in [0.15, 0.2) is 0 Å². The van der Waals surface area contributed by atoms with Crippen LogP contribution in [-0.2, 0) is 4.79 Å². The zero-order valence-electron chi connectivity index (χ0n) is 14.3. The van der Waals surface area contributed by atoms with Crippen LogP contribution in [0.3, 0.4) is 0 Å². The maximum Gasteiger partial charge on any atom is 0.254 e. The number of hydrogen-bond donors (Lipinski definition) is 2. The molecule has 1 saturated carbocycles. The summed E-state index contributed by atoms with van der Waals surface area (Å²) in [6, 6.07) is 4.10. The molecular formula is C19H25FN2O3. The first-order chi connectivity index (χ1) is 12.1. The number of benzene rings is 1. The highest BCUT2D eigenvalue weighted by Gasteiger charge is 2.27.